The topological polar surface area (TPSA) is 33.0 Å². The van der Waals surface area contributed by atoms with Crippen LogP contribution < -0.4 is 4.74 Å². The SMILES string of the molecule is CCCCCCCOc1ccc(CCc2ccc3c(F)c(CCc4cc(F)c(C#N)c(F)c4)ccc3c2)c(F)c1. The van der Waals surface area contributed by atoms with Crippen molar-refractivity contribution in [2.45, 2.75) is 64.7 Å². The summed E-state index contributed by atoms with van der Waals surface area (Å²) in [4.78, 5) is 0. The van der Waals surface area contributed by atoms with E-state index in [0.29, 0.717) is 47.3 Å². The Labute approximate surface area is 233 Å². The van der Waals surface area contributed by atoms with Crippen LogP contribution >= 0.6 is 0 Å². The molecule has 6 heteroatoms. The van der Waals surface area contributed by atoms with Gasteiger partial charge in [0, 0.05) is 11.5 Å². The van der Waals surface area contributed by atoms with Crippen LogP contribution in [0.3, 0.4) is 0 Å². The first-order valence-corrected chi connectivity index (χ1v) is 13.9. The second-order valence-corrected chi connectivity index (χ2v) is 10.2. The number of nitrogens with zero attached hydrogens (tertiary/aromatic N) is 1. The molecule has 0 unspecified atom stereocenters. The molecule has 0 fully saturated rings. The summed E-state index contributed by atoms with van der Waals surface area (Å²) in [6.07, 6.45) is 7.29. The Bertz CT molecular complexity index is 1490. The van der Waals surface area contributed by atoms with Crippen LogP contribution in [0.25, 0.3) is 10.8 Å². The average Bonchev–Trinajstić information content (AvgIpc) is 2.94. The van der Waals surface area contributed by atoms with Crippen LogP contribution in [0.4, 0.5) is 17.6 Å². The van der Waals surface area contributed by atoms with E-state index in [1.165, 1.54) is 31.4 Å². The van der Waals surface area contributed by atoms with Crippen molar-refractivity contribution in [2.75, 3.05) is 6.61 Å². The lowest BCUT2D eigenvalue weighted by atomic mass is 9.97. The second kappa shape index (κ2) is 14.0. The summed E-state index contributed by atoms with van der Waals surface area (Å²) in [6, 6.07) is 17.7. The smallest absolute Gasteiger partial charge is 0.144 e. The standard InChI is InChI=1S/C34H33F4NO/c1-2-3-4-5-6-17-40-28-15-14-25(31(35)21-28)10-7-23-9-16-29-27(18-23)13-12-26(34(29)38)11-8-24-19-32(36)30(22-39)33(37)20-24/h9,12-16,18-21H,2-8,10-11,17H2,1H3. The zero-order valence-corrected chi connectivity index (χ0v) is 22.7. The number of ether oxygens (including phenoxy) is 1. The molecule has 0 amide bonds. The monoisotopic (exact) mass is 547 g/mol. The number of fused-ring (bicyclic) bond motifs is 1. The van der Waals surface area contributed by atoms with Crippen molar-refractivity contribution < 1.29 is 22.3 Å². The fourth-order valence-corrected chi connectivity index (χ4v) is 4.89. The maximum atomic E-state index is 15.2. The molecule has 4 rings (SSSR count). The van der Waals surface area contributed by atoms with Crippen molar-refractivity contribution in [2.24, 2.45) is 0 Å². The van der Waals surface area contributed by atoms with Gasteiger partial charge < -0.3 is 4.74 Å². The van der Waals surface area contributed by atoms with Gasteiger partial charge in [0.1, 0.15) is 40.7 Å². The Balaban J connectivity index is 1.35. The van der Waals surface area contributed by atoms with Gasteiger partial charge in [0.05, 0.1) is 6.61 Å². The molecule has 208 valence electrons. The van der Waals surface area contributed by atoms with Gasteiger partial charge in [-0.05, 0) is 77.9 Å². The average molecular weight is 548 g/mol. The van der Waals surface area contributed by atoms with Gasteiger partial charge in [-0.1, -0.05) is 69.0 Å². The molecule has 4 aromatic carbocycles. The zero-order chi connectivity index (χ0) is 28.5. The van der Waals surface area contributed by atoms with Gasteiger partial charge in [-0.25, -0.2) is 17.6 Å². The highest BCUT2D eigenvalue weighted by Crippen LogP contribution is 2.26. The van der Waals surface area contributed by atoms with E-state index >= 15 is 4.39 Å². The Kier molecular flexibility index (Phi) is 10.2. The van der Waals surface area contributed by atoms with E-state index in [9.17, 15) is 13.2 Å². The summed E-state index contributed by atoms with van der Waals surface area (Å²) in [5.74, 6) is -1.95. The summed E-state index contributed by atoms with van der Waals surface area (Å²) >= 11 is 0. The number of halogens is 4. The highest BCUT2D eigenvalue weighted by molar-refractivity contribution is 5.84. The molecule has 0 N–H and O–H groups in total. The molecule has 4 aromatic rings. The minimum absolute atomic E-state index is 0.231. The van der Waals surface area contributed by atoms with E-state index in [2.05, 4.69) is 6.92 Å². The van der Waals surface area contributed by atoms with Crippen molar-refractivity contribution in [3.63, 3.8) is 0 Å². The van der Waals surface area contributed by atoms with Crippen LogP contribution in [0.1, 0.15) is 66.8 Å². The fourth-order valence-electron chi connectivity index (χ4n) is 4.89. The normalized spacial score (nSPS) is 11.1. The third-order valence-corrected chi connectivity index (χ3v) is 7.22. The number of nitriles is 1. The van der Waals surface area contributed by atoms with Crippen LogP contribution in [0.2, 0.25) is 0 Å². The molecule has 0 aromatic heterocycles. The van der Waals surface area contributed by atoms with Crippen LogP contribution in [0.15, 0.2) is 60.7 Å². The van der Waals surface area contributed by atoms with Crippen LogP contribution in [-0.2, 0) is 25.7 Å². The van der Waals surface area contributed by atoms with Gasteiger partial charge in [-0.2, -0.15) is 5.26 Å². The lowest BCUT2D eigenvalue weighted by molar-refractivity contribution is 0.303. The minimum atomic E-state index is -0.915. The van der Waals surface area contributed by atoms with Gasteiger partial charge in [-0.3, -0.25) is 0 Å². The van der Waals surface area contributed by atoms with Crippen molar-refractivity contribution in [3.8, 4) is 11.8 Å². The first-order valence-electron chi connectivity index (χ1n) is 13.9. The lowest BCUT2D eigenvalue weighted by Crippen LogP contribution is -2.00. The van der Waals surface area contributed by atoms with E-state index in [1.54, 1.807) is 18.2 Å². The molecular formula is C34H33F4NO. The highest BCUT2D eigenvalue weighted by Gasteiger charge is 2.13. The van der Waals surface area contributed by atoms with E-state index in [4.69, 9.17) is 10.00 Å². The van der Waals surface area contributed by atoms with Gasteiger partial charge in [0.2, 0.25) is 0 Å². The van der Waals surface area contributed by atoms with Gasteiger partial charge >= 0.3 is 0 Å². The van der Waals surface area contributed by atoms with E-state index in [-0.39, 0.29) is 24.5 Å². The second-order valence-electron chi connectivity index (χ2n) is 10.2. The largest absolute Gasteiger partial charge is 0.493 e. The molecule has 0 atom stereocenters. The van der Waals surface area contributed by atoms with Crippen molar-refractivity contribution >= 4 is 10.8 Å². The summed E-state index contributed by atoms with van der Waals surface area (Å²) in [7, 11) is 0. The third kappa shape index (κ3) is 7.41. The molecule has 0 aliphatic heterocycles. The number of hydrogen-bond donors (Lipinski definition) is 0. The maximum Gasteiger partial charge on any atom is 0.144 e. The molecule has 0 aliphatic rings. The van der Waals surface area contributed by atoms with E-state index < -0.39 is 17.2 Å². The van der Waals surface area contributed by atoms with E-state index in [1.807, 2.05) is 24.3 Å². The Morgan fingerprint density at radius 2 is 1.38 bits per heavy atom. The molecule has 0 spiro atoms. The molecule has 0 heterocycles. The maximum absolute atomic E-state index is 15.2. The Morgan fingerprint density at radius 1 is 0.675 bits per heavy atom. The quantitative estimate of drug-likeness (QED) is 0.123. The van der Waals surface area contributed by atoms with Gasteiger partial charge in [-0.15, -0.1) is 0 Å². The summed E-state index contributed by atoms with van der Waals surface area (Å²) in [5, 5.41) is 10.0. The summed E-state index contributed by atoms with van der Waals surface area (Å²) in [6.45, 7) is 2.76. The van der Waals surface area contributed by atoms with Crippen LogP contribution in [0.5, 0.6) is 5.75 Å². The zero-order valence-electron chi connectivity index (χ0n) is 22.7. The number of rotatable bonds is 13. The van der Waals surface area contributed by atoms with Gasteiger partial charge in [0.15, 0.2) is 0 Å². The summed E-state index contributed by atoms with van der Waals surface area (Å²) in [5.41, 5.74) is 1.75. The number of aryl methyl sites for hydroxylation is 4. The molecule has 40 heavy (non-hydrogen) atoms. The first-order chi connectivity index (χ1) is 19.4. The first kappa shape index (κ1) is 29.1. The highest BCUT2D eigenvalue weighted by atomic mass is 19.1. The molecule has 2 nitrogen and oxygen atoms in total. The molecule has 0 aliphatic carbocycles. The third-order valence-electron chi connectivity index (χ3n) is 7.22. The Hall–Kier alpha value is -3.85. The summed E-state index contributed by atoms with van der Waals surface area (Å²) < 4.78 is 63.4. The van der Waals surface area contributed by atoms with Crippen LogP contribution in [-0.4, -0.2) is 6.61 Å². The molecular weight excluding hydrogens is 514 g/mol. The predicted molar refractivity (Wildman–Crippen MR) is 150 cm³/mol. The van der Waals surface area contributed by atoms with E-state index in [0.717, 1.165) is 35.9 Å². The number of benzene rings is 4. The molecule has 0 saturated heterocycles. The van der Waals surface area contributed by atoms with Gasteiger partial charge in [0.25, 0.3) is 0 Å². The molecule has 0 radical (unpaired) electrons. The number of unbranched alkanes of at least 4 members (excludes halogenated alkanes) is 4. The predicted octanol–water partition coefficient (Wildman–Crippen LogP) is 9.19. The number of hydrogen-bond acceptors (Lipinski definition) is 2. The minimum Gasteiger partial charge on any atom is -0.493 e. The fraction of sp³-hybridized carbons (Fsp3) is 0.324. The molecule has 0 saturated carbocycles. The Morgan fingerprint density at radius 3 is 2.10 bits per heavy atom. The lowest BCUT2D eigenvalue weighted by Gasteiger charge is -2.11. The van der Waals surface area contributed by atoms with Crippen LogP contribution in [0, 0.1) is 34.6 Å². The molecule has 0 bridgehead atoms. The van der Waals surface area contributed by atoms with Crippen molar-refractivity contribution in [1.82, 2.24) is 0 Å². The van der Waals surface area contributed by atoms with Crippen molar-refractivity contribution in [1.29, 1.82) is 5.26 Å². The van der Waals surface area contributed by atoms with Crippen molar-refractivity contribution in [3.05, 3.63) is 112 Å².